The molecule has 5 nitrogen and oxygen atoms in total. The average molecular weight is 314 g/mol. The highest BCUT2D eigenvalue weighted by molar-refractivity contribution is 7.89. The van der Waals surface area contributed by atoms with Gasteiger partial charge in [0.25, 0.3) is 0 Å². The Balaban J connectivity index is 2.32. The number of hydrogen-bond donors (Lipinski definition) is 2. The van der Waals surface area contributed by atoms with Crippen molar-refractivity contribution in [1.29, 1.82) is 0 Å². The summed E-state index contributed by atoms with van der Waals surface area (Å²) < 4.78 is 31.5. The zero-order chi connectivity index (χ0) is 15.7. The molecule has 1 aromatic carbocycles. The quantitative estimate of drug-likeness (QED) is 0.647. The first kappa shape index (κ1) is 17.9. The maximum Gasteiger partial charge on any atom is 0.211 e. The number of rotatable bonds is 10. The molecule has 0 aromatic heterocycles. The zero-order valence-corrected chi connectivity index (χ0v) is 13.9. The van der Waals surface area contributed by atoms with Crippen LogP contribution in [0.2, 0.25) is 0 Å². The highest BCUT2D eigenvalue weighted by Gasteiger charge is 2.09. The van der Waals surface area contributed by atoms with Crippen LogP contribution in [0.4, 0.5) is 0 Å². The molecule has 1 aromatic rings. The summed E-state index contributed by atoms with van der Waals surface area (Å²) in [7, 11) is -1.63. The molecular formula is C15H26N2O3S. The molecule has 0 amide bonds. The fourth-order valence-corrected chi connectivity index (χ4v) is 2.97. The molecule has 2 N–H and O–H groups in total. The van der Waals surface area contributed by atoms with Crippen molar-refractivity contribution >= 4 is 10.0 Å². The van der Waals surface area contributed by atoms with Crippen LogP contribution in [-0.4, -0.2) is 33.9 Å². The highest BCUT2D eigenvalue weighted by atomic mass is 32.2. The summed E-state index contributed by atoms with van der Waals surface area (Å²) >= 11 is 0. The van der Waals surface area contributed by atoms with Crippen LogP contribution in [0.25, 0.3) is 0 Å². The lowest BCUT2D eigenvalue weighted by atomic mass is 10.2. The SMILES string of the molecule is COc1cccc(CNS(=O)(=O)CCCCNC(C)C)c1. The van der Waals surface area contributed by atoms with Crippen LogP contribution >= 0.6 is 0 Å². The van der Waals surface area contributed by atoms with Gasteiger partial charge in [-0.3, -0.25) is 0 Å². The number of nitrogens with one attached hydrogen (secondary N) is 2. The lowest BCUT2D eigenvalue weighted by Crippen LogP contribution is -2.27. The molecule has 0 aliphatic carbocycles. The number of benzene rings is 1. The van der Waals surface area contributed by atoms with Crippen LogP contribution in [0.1, 0.15) is 32.3 Å². The molecule has 0 aliphatic rings. The van der Waals surface area contributed by atoms with Crippen LogP contribution in [-0.2, 0) is 16.6 Å². The standard InChI is InChI=1S/C15H26N2O3S/c1-13(2)16-9-4-5-10-21(18,19)17-12-14-7-6-8-15(11-14)20-3/h6-8,11,13,16-17H,4-5,9-10,12H2,1-3H3. The molecular weight excluding hydrogens is 288 g/mol. The van der Waals surface area contributed by atoms with E-state index in [2.05, 4.69) is 23.9 Å². The summed E-state index contributed by atoms with van der Waals surface area (Å²) in [5.74, 6) is 0.892. The van der Waals surface area contributed by atoms with Crippen LogP contribution in [0.5, 0.6) is 5.75 Å². The van der Waals surface area contributed by atoms with Gasteiger partial charge in [0.05, 0.1) is 12.9 Å². The first-order valence-corrected chi connectivity index (χ1v) is 8.92. The van der Waals surface area contributed by atoms with Crippen molar-refractivity contribution < 1.29 is 13.2 Å². The third-order valence-corrected chi connectivity index (χ3v) is 4.43. The molecule has 0 spiro atoms. The number of hydrogen-bond acceptors (Lipinski definition) is 4. The smallest absolute Gasteiger partial charge is 0.211 e. The van der Waals surface area contributed by atoms with Crippen LogP contribution < -0.4 is 14.8 Å². The summed E-state index contributed by atoms with van der Waals surface area (Å²) in [5.41, 5.74) is 0.888. The Morgan fingerprint density at radius 3 is 2.67 bits per heavy atom. The summed E-state index contributed by atoms with van der Waals surface area (Å²) in [6, 6.07) is 7.82. The van der Waals surface area contributed by atoms with E-state index in [-0.39, 0.29) is 5.75 Å². The number of ether oxygens (including phenoxy) is 1. The third-order valence-electron chi connectivity index (χ3n) is 3.02. The van der Waals surface area contributed by atoms with Crippen molar-refractivity contribution in [3.63, 3.8) is 0 Å². The van der Waals surface area contributed by atoms with Gasteiger partial charge in [-0.1, -0.05) is 26.0 Å². The van der Waals surface area contributed by atoms with Crippen LogP contribution in [0, 0.1) is 0 Å². The maximum atomic E-state index is 11.9. The third kappa shape index (κ3) is 8.04. The van der Waals surface area contributed by atoms with Crippen LogP contribution in [0.15, 0.2) is 24.3 Å². The second-order valence-corrected chi connectivity index (χ2v) is 7.23. The fraction of sp³-hybridized carbons (Fsp3) is 0.600. The minimum Gasteiger partial charge on any atom is -0.497 e. The Morgan fingerprint density at radius 2 is 2.00 bits per heavy atom. The molecule has 0 atom stereocenters. The monoisotopic (exact) mass is 314 g/mol. The van der Waals surface area contributed by atoms with Crippen molar-refractivity contribution in [3.05, 3.63) is 29.8 Å². The van der Waals surface area contributed by atoms with E-state index in [0.717, 1.165) is 24.3 Å². The molecule has 0 bridgehead atoms. The minimum atomic E-state index is -3.22. The van der Waals surface area contributed by atoms with Crippen molar-refractivity contribution in [1.82, 2.24) is 10.0 Å². The van der Waals surface area contributed by atoms with Gasteiger partial charge in [-0.2, -0.15) is 0 Å². The van der Waals surface area contributed by atoms with Crippen molar-refractivity contribution in [2.24, 2.45) is 0 Å². The van der Waals surface area contributed by atoms with Crippen molar-refractivity contribution in [2.75, 3.05) is 19.4 Å². The average Bonchev–Trinajstić information content (AvgIpc) is 2.45. The van der Waals surface area contributed by atoms with Gasteiger partial charge >= 0.3 is 0 Å². The molecule has 0 saturated carbocycles. The van der Waals surface area contributed by atoms with Crippen LogP contribution in [0.3, 0.4) is 0 Å². The largest absolute Gasteiger partial charge is 0.497 e. The Morgan fingerprint density at radius 1 is 1.24 bits per heavy atom. The molecule has 0 saturated heterocycles. The van der Waals surface area contributed by atoms with Crippen molar-refractivity contribution in [3.8, 4) is 5.75 Å². The number of unbranched alkanes of at least 4 members (excludes halogenated alkanes) is 1. The lowest BCUT2D eigenvalue weighted by Gasteiger charge is -2.09. The van der Waals surface area contributed by atoms with Gasteiger partial charge in [0.1, 0.15) is 5.75 Å². The van der Waals surface area contributed by atoms with Gasteiger partial charge in [0.2, 0.25) is 10.0 Å². The molecule has 1 rings (SSSR count). The molecule has 6 heteroatoms. The Kier molecular flexibility index (Phi) is 7.71. The van der Waals surface area contributed by atoms with Gasteiger partial charge in [0, 0.05) is 12.6 Å². The van der Waals surface area contributed by atoms with E-state index in [1.165, 1.54) is 0 Å². The second-order valence-electron chi connectivity index (χ2n) is 5.31. The van der Waals surface area contributed by atoms with Gasteiger partial charge in [-0.05, 0) is 37.1 Å². The van der Waals surface area contributed by atoms with Gasteiger partial charge in [-0.25, -0.2) is 13.1 Å². The highest BCUT2D eigenvalue weighted by Crippen LogP contribution is 2.12. The zero-order valence-electron chi connectivity index (χ0n) is 13.1. The van der Waals surface area contributed by atoms with E-state index in [1.807, 2.05) is 24.3 Å². The summed E-state index contributed by atoms with van der Waals surface area (Å²) in [6.45, 7) is 5.30. The Labute approximate surface area is 128 Å². The molecule has 0 heterocycles. The predicted molar refractivity (Wildman–Crippen MR) is 86.0 cm³/mol. The Hall–Kier alpha value is -1.11. The number of sulfonamides is 1. The maximum absolute atomic E-state index is 11.9. The summed E-state index contributed by atoms with van der Waals surface area (Å²) in [4.78, 5) is 0. The second kappa shape index (κ2) is 9.02. The van der Waals surface area contributed by atoms with Crippen molar-refractivity contribution in [2.45, 2.75) is 39.3 Å². The Bertz CT molecular complexity index is 515. The first-order chi connectivity index (χ1) is 9.93. The van der Waals surface area contributed by atoms with E-state index in [0.29, 0.717) is 19.0 Å². The molecule has 0 unspecified atom stereocenters. The first-order valence-electron chi connectivity index (χ1n) is 7.26. The van der Waals surface area contributed by atoms with Gasteiger partial charge < -0.3 is 10.1 Å². The van der Waals surface area contributed by atoms with E-state index < -0.39 is 10.0 Å². The summed E-state index contributed by atoms with van der Waals surface area (Å²) in [6.07, 6.45) is 1.52. The number of methoxy groups -OCH3 is 1. The van der Waals surface area contributed by atoms with E-state index in [1.54, 1.807) is 7.11 Å². The van der Waals surface area contributed by atoms with Gasteiger partial charge in [0.15, 0.2) is 0 Å². The topological polar surface area (TPSA) is 67.4 Å². The van der Waals surface area contributed by atoms with E-state index in [9.17, 15) is 8.42 Å². The lowest BCUT2D eigenvalue weighted by molar-refractivity contribution is 0.414. The summed E-state index contributed by atoms with van der Waals surface area (Å²) in [5, 5.41) is 3.27. The molecule has 0 radical (unpaired) electrons. The molecule has 120 valence electrons. The molecule has 21 heavy (non-hydrogen) atoms. The molecule has 0 aliphatic heterocycles. The van der Waals surface area contributed by atoms with Gasteiger partial charge in [-0.15, -0.1) is 0 Å². The fourth-order valence-electron chi connectivity index (χ4n) is 1.86. The predicted octanol–water partition coefficient (Wildman–Crippen LogP) is 1.89. The van der Waals surface area contributed by atoms with E-state index >= 15 is 0 Å². The minimum absolute atomic E-state index is 0.163. The van der Waals surface area contributed by atoms with E-state index in [4.69, 9.17) is 4.74 Å². The molecule has 0 fully saturated rings. The normalized spacial score (nSPS) is 11.8.